The van der Waals surface area contributed by atoms with Crippen molar-refractivity contribution in [3.05, 3.63) is 86.3 Å². The number of allylic oxidation sites excluding steroid dienone is 3. The van der Waals surface area contributed by atoms with E-state index in [0.717, 1.165) is 12.2 Å². The normalized spacial score (nSPS) is 15.8. The molecule has 138 valence electrons. The summed E-state index contributed by atoms with van der Waals surface area (Å²) in [7, 11) is -1.59. The fraction of sp³-hybridized carbons (Fsp3) is 0.250. The number of hydrogen-bond acceptors (Lipinski definition) is 2. The van der Waals surface area contributed by atoms with Gasteiger partial charge in [0.25, 0.3) is 0 Å². The molecule has 0 N–H and O–H groups in total. The molecule has 0 radical (unpaired) electrons. The maximum atomic E-state index is 6.06. The Balaban J connectivity index is 1.85. The Kier molecular flexibility index (Phi) is 4.66. The molecule has 0 heterocycles. The highest BCUT2D eigenvalue weighted by Gasteiger charge is 2.20. The number of hydrogen-bond donors (Lipinski definition) is 0. The molecule has 4 rings (SSSR count). The van der Waals surface area contributed by atoms with Crippen LogP contribution >= 0.6 is 0 Å². The summed E-state index contributed by atoms with van der Waals surface area (Å²) in [6, 6.07) is 13.1. The van der Waals surface area contributed by atoms with Crippen molar-refractivity contribution >= 4 is 26.0 Å². The third-order valence-corrected chi connectivity index (χ3v) is 6.02. The Morgan fingerprint density at radius 2 is 1.85 bits per heavy atom. The SMILES string of the molecule is CC=c1ccc2c(c1C1=C(OCO[Si](C)(C)C)C=CC1)C=c1ccccc1=2. The number of benzene rings is 2. The molecule has 0 fully saturated rings. The van der Waals surface area contributed by atoms with Crippen LogP contribution in [0.1, 0.15) is 24.5 Å². The van der Waals surface area contributed by atoms with Crippen molar-refractivity contribution in [3.63, 3.8) is 0 Å². The lowest BCUT2D eigenvalue weighted by molar-refractivity contribution is 0.0628. The standard InChI is InChI=1S/C24H26O2Si/c1-5-17-13-14-20-19-10-7-6-9-18(19)15-22(20)24(17)21-11-8-12-23(21)25-16-26-27(2,3)4/h5-10,12-15H,11,16H2,1-4H3. The van der Waals surface area contributed by atoms with Gasteiger partial charge in [-0.3, -0.25) is 0 Å². The van der Waals surface area contributed by atoms with Gasteiger partial charge in [0, 0.05) is 5.57 Å². The Morgan fingerprint density at radius 1 is 1.04 bits per heavy atom. The van der Waals surface area contributed by atoms with E-state index in [1.807, 2.05) is 0 Å². The zero-order valence-electron chi connectivity index (χ0n) is 16.5. The average molecular weight is 375 g/mol. The van der Waals surface area contributed by atoms with Gasteiger partial charge in [0.1, 0.15) is 5.76 Å². The fourth-order valence-corrected chi connectivity index (χ4v) is 4.15. The zero-order valence-corrected chi connectivity index (χ0v) is 17.5. The topological polar surface area (TPSA) is 18.5 Å². The molecule has 0 spiro atoms. The van der Waals surface area contributed by atoms with E-state index in [1.54, 1.807) is 0 Å². The first kappa shape index (κ1) is 18.0. The van der Waals surface area contributed by atoms with Gasteiger partial charge in [-0.2, -0.15) is 0 Å². The van der Waals surface area contributed by atoms with Crippen LogP contribution < -0.4 is 10.4 Å². The summed E-state index contributed by atoms with van der Waals surface area (Å²) in [5.74, 6) is 0.939. The Morgan fingerprint density at radius 3 is 2.63 bits per heavy atom. The first-order valence-electron chi connectivity index (χ1n) is 9.55. The van der Waals surface area contributed by atoms with Gasteiger partial charge in [-0.05, 0) is 77.1 Å². The van der Waals surface area contributed by atoms with Crippen molar-refractivity contribution in [1.29, 1.82) is 0 Å². The van der Waals surface area contributed by atoms with Gasteiger partial charge in [-0.25, -0.2) is 0 Å². The molecule has 0 saturated heterocycles. The van der Waals surface area contributed by atoms with Crippen LogP contribution in [0.2, 0.25) is 19.6 Å². The molecule has 0 amide bonds. The Hall–Kier alpha value is -2.36. The largest absolute Gasteiger partial charge is 0.468 e. The third-order valence-electron chi connectivity index (χ3n) is 5.04. The Bertz CT molecular complexity index is 1160. The predicted molar refractivity (Wildman–Crippen MR) is 115 cm³/mol. The minimum Gasteiger partial charge on any atom is -0.468 e. The molecule has 2 aromatic carbocycles. The zero-order chi connectivity index (χ0) is 19.0. The van der Waals surface area contributed by atoms with Crippen LogP contribution in [0.25, 0.3) is 17.7 Å². The highest BCUT2D eigenvalue weighted by atomic mass is 28.4. The maximum Gasteiger partial charge on any atom is 0.188 e. The molecule has 0 aromatic heterocycles. The van der Waals surface area contributed by atoms with Gasteiger partial charge >= 0.3 is 0 Å². The second-order valence-electron chi connectivity index (χ2n) is 7.98. The van der Waals surface area contributed by atoms with Crippen molar-refractivity contribution < 1.29 is 9.16 Å². The van der Waals surface area contributed by atoms with Crippen LogP contribution in [0.3, 0.4) is 0 Å². The van der Waals surface area contributed by atoms with Crippen molar-refractivity contribution in [2.75, 3.05) is 6.79 Å². The van der Waals surface area contributed by atoms with E-state index < -0.39 is 8.32 Å². The average Bonchev–Trinajstić information content (AvgIpc) is 3.24. The summed E-state index contributed by atoms with van der Waals surface area (Å²) in [5, 5.41) is 5.16. The summed E-state index contributed by atoms with van der Waals surface area (Å²) >= 11 is 0. The van der Waals surface area contributed by atoms with Gasteiger partial charge in [0.15, 0.2) is 15.1 Å². The van der Waals surface area contributed by atoms with Gasteiger partial charge < -0.3 is 9.16 Å². The molecule has 2 aliphatic rings. The van der Waals surface area contributed by atoms with Crippen LogP contribution in [0.15, 0.2) is 54.3 Å². The molecule has 2 aliphatic carbocycles. The lowest BCUT2D eigenvalue weighted by Crippen LogP contribution is -2.26. The van der Waals surface area contributed by atoms with Crippen LogP contribution in [0.5, 0.6) is 0 Å². The summed E-state index contributed by atoms with van der Waals surface area (Å²) in [5.41, 5.74) is 3.85. The molecular formula is C24H26O2Si. The fourth-order valence-electron chi connectivity index (χ4n) is 3.74. The van der Waals surface area contributed by atoms with Gasteiger partial charge in [-0.15, -0.1) is 0 Å². The molecule has 2 aromatic rings. The monoisotopic (exact) mass is 374 g/mol. The smallest absolute Gasteiger partial charge is 0.188 e. The first-order valence-corrected chi connectivity index (χ1v) is 13.0. The van der Waals surface area contributed by atoms with E-state index in [-0.39, 0.29) is 0 Å². The third kappa shape index (κ3) is 3.45. The molecule has 0 saturated carbocycles. The van der Waals surface area contributed by atoms with Gasteiger partial charge in [0.2, 0.25) is 0 Å². The lowest BCUT2D eigenvalue weighted by Gasteiger charge is -2.19. The predicted octanol–water partition coefficient (Wildman–Crippen LogP) is 4.41. The van der Waals surface area contributed by atoms with Crippen molar-refractivity contribution in [2.45, 2.75) is 33.0 Å². The second-order valence-corrected chi connectivity index (χ2v) is 12.5. The molecule has 27 heavy (non-hydrogen) atoms. The van der Waals surface area contributed by atoms with Crippen LogP contribution in [0, 0.1) is 10.4 Å². The van der Waals surface area contributed by atoms with E-state index in [9.17, 15) is 0 Å². The lowest BCUT2D eigenvalue weighted by atomic mass is 9.95. The summed E-state index contributed by atoms with van der Waals surface area (Å²) in [6.45, 7) is 8.96. The number of rotatable bonds is 5. The van der Waals surface area contributed by atoms with E-state index >= 15 is 0 Å². The van der Waals surface area contributed by atoms with Crippen LogP contribution in [-0.2, 0) is 9.16 Å². The molecule has 0 atom stereocenters. The summed E-state index contributed by atoms with van der Waals surface area (Å²) in [4.78, 5) is 0. The van der Waals surface area contributed by atoms with Gasteiger partial charge in [0.05, 0.1) is 0 Å². The van der Waals surface area contributed by atoms with Crippen molar-refractivity contribution in [3.8, 4) is 0 Å². The van der Waals surface area contributed by atoms with E-state index in [0.29, 0.717) is 6.79 Å². The van der Waals surface area contributed by atoms with E-state index in [2.05, 4.69) is 87.3 Å². The van der Waals surface area contributed by atoms with E-state index in [4.69, 9.17) is 9.16 Å². The second kappa shape index (κ2) is 6.99. The van der Waals surface area contributed by atoms with Crippen molar-refractivity contribution in [2.24, 2.45) is 0 Å². The molecule has 0 aliphatic heterocycles. The highest BCUT2D eigenvalue weighted by molar-refractivity contribution is 6.69. The molecule has 3 heteroatoms. The highest BCUT2D eigenvalue weighted by Crippen LogP contribution is 2.31. The number of fused-ring (bicyclic) bond motifs is 2. The minimum absolute atomic E-state index is 0.322. The molecule has 0 bridgehead atoms. The van der Waals surface area contributed by atoms with E-state index in [1.165, 1.54) is 37.6 Å². The molecular weight excluding hydrogens is 348 g/mol. The summed E-state index contributed by atoms with van der Waals surface area (Å²) < 4.78 is 12.0. The maximum absolute atomic E-state index is 6.06. The molecule has 0 unspecified atom stereocenters. The number of ether oxygens (including phenoxy) is 1. The molecule has 2 nitrogen and oxygen atoms in total. The van der Waals surface area contributed by atoms with Crippen molar-refractivity contribution in [1.82, 2.24) is 0 Å². The summed E-state index contributed by atoms with van der Waals surface area (Å²) in [6.07, 6.45) is 9.66. The Labute approximate surface area is 161 Å². The first-order chi connectivity index (χ1) is 13.0. The quantitative estimate of drug-likeness (QED) is 0.486. The van der Waals surface area contributed by atoms with Gasteiger partial charge in [-0.1, -0.05) is 48.6 Å². The van der Waals surface area contributed by atoms with Crippen LogP contribution in [-0.4, -0.2) is 15.1 Å². The minimum atomic E-state index is -1.59. The van der Waals surface area contributed by atoms with Crippen LogP contribution in [0.4, 0.5) is 0 Å².